The van der Waals surface area contributed by atoms with E-state index < -0.39 is 31.1 Å². The SMILES string of the molecule is O=C1c2cccc3c(N/N=C/c4ccc5ccccc5c4)ccc(c23)C(=O)N1C(CO)CO. The molecule has 0 fully saturated rings. The number of fused-ring (bicyclic) bond motifs is 1. The van der Waals surface area contributed by atoms with Crippen LogP contribution < -0.4 is 5.43 Å². The summed E-state index contributed by atoms with van der Waals surface area (Å²) in [4.78, 5) is 27.0. The van der Waals surface area contributed by atoms with Crippen LogP contribution in [0.3, 0.4) is 0 Å². The van der Waals surface area contributed by atoms with Gasteiger partial charge in [-0.25, -0.2) is 0 Å². The number of imide groups is 1. The first kappa shape index (κ1) is 20.8. The molecule has 0 saturated heterocycles. The van der Waals surface area contributed by atoms with Gasteiger partial charge in [0, 0.05) is 21.9 Å². The lowest BCUT2D eigenvalue weighted by atomic mass is 9.92. The lowest BCUT2D eigenvalue weighted by molar-refractivity contribution is 0.0375. The number of hydrogen-bond acceptors (Lipinski definition) is 6. The van der Waals surface area contributed by atoms with Gasteiger partial charge in [-0.1, -0.05) is 48.5 Å². The third-order valence-electron chi connectivity index (χ3n) is 5.90. The van der Waals surface area contributed by atoms with E-state index in [9.17, 15) is 19.8 Å². The van der Waals surface area contributed by atoms with Crippen molar-refractivity contribution in [1.29, 1.82) is 0 Å². The number of anilines is 1. The maximum absolute atomic E-state index is 13.0. The summed E-state index contributed by atoms with van der Waals surface area (Å²) in [6.45, 7) is -1.02. The average molecular weight is 439 g/mol. The third kappa shape index (κ3) is 3.53. The van der Waals surface area contributed by atoms with Crippen LogP contribution in [0.15, 0.2) is 77.9 Å². The summed E-state index contributed by atoms with van der Waals surface area (Å²) in [6.07, 6.45) is 1.72. The smallest absolute Gasteiger partial charge is 0.261 e. The van der Waals surface area contributed by atoms with Crippen LogP contribution in [0.25, 0.3) is 21.5 Å². The maximum atomic E-state index is 13.0. The molecule has 7 heteroatoms. The summed E-state index contributed by atoms with van der Waals surface area (Å²) in [7, 11) is 0. The van der Waals surface area contributed by atoms with Gasteiger partial charge in [0.15, 0.2) is 0 Å². The van der Waals surface area contributed by atoms with Crippen LogP contribution in [0, 0.1) is 0 Å². The van der Waals surface area contributed by atoms with Crippen molar-refractivity contribution >= 4 is 45.3 Å². The Balaban J connectivity index is 1.49. The molecule has 0 aliphatic carbocycles. The van der Waals surface area contributed by atoms with Crippen LogP contribution in [0.4, 0.5) is 5.69 Å². The normalized spacial score (nSPS) is 13.6. The molecular weight excluding hydrogens is 418 g/mol. The van der Waals surface area contributed by atoms with Gasteiger partial charge >= 0.3 is 0 Å². The van der Waals surface area contributed by atoms with E-state index in [-0.39, 0.29) is 0 Å². The van der Waals surface area contributed by atoms with Crippen molar-refractivity contribution < 1.29 is 19.8 Å². The van der Waals surface area contributed by atoms with Crippen LogP contribution in [-0.4, -0.2) is 52.4 Å². The number of aliphatic hydroxyl groups excluding tert-OH is 2. The van der Waals surface area contributed by atoms with Crippen molar-refractivity contribution in [2.75, 3.05) is 18.6 Å². The summed E-state index contributed by atoms with van der Waals surface area (Å²) in [6, 6.07) is 21.7. The molecule has 2 amide bonds. The topological polar surface area (TPSA) is 102 Å². The van der Waals surface area contributed by atoms with Crippen molar-refractivity contribution in [2.24, 2.45) is 5.10 Å². The monoisotopic (exact) mass is 439 g/mol. The quantitative estimate of drug-likeness (QED) is 0.243. The first-order chi connectivity index (χ1) is 16.1. The van der Waals surface area contributed by atoms with Crippen molar-refractivity contribution in [2.45, 2.75) is 6.04 Å². The van der Waals surface area contributed by atoms with Gasteiger partial charge in [-0.15, -0.1) is 0 Å². The summed E-state index contributed by atoms with van der Waals surface area (Å²) >= 11 is 0. The Morgan fingerprint density at radius 2 is 1.58 bits per heavy atom. The van der Waals surface area contributed by atoms with E-state index in [2.05, 4.69) is 16.6 Å². The highest BCUT2D eigenvalue weighted by Gasteiger charge is 2.37. The molecule has 0 atom stereocenters. The van der Waals surface area contributed by atoms with Crippen LogP contribution in [-0.2, 0) is 0 Å². The molecule has 1 aliphatic rings. The molecule has 1 heterocycles. The molecule has 0 unspecified atom stereocenters. The summed E-state index contributed by atoms with van der Waals surface area (Å²) < 4.78 is 0. The van der Waals surface area contributed by atoms with E-state index in [0.29, 0.717) is 27.6 Å². The van der Waals surface area contributed by atoms with Crippen LogP contribution in [0.2, 0.25) is 0 Å². The highest BCUT2D eigenvalue weighted by molar-refractivity contribution is 6.27. The van der Waals surface area contributed by atoms with Crippen molar-refractivity contribution in [3.8, 4) is 0 Å². The zero-order chi connectivity index (χ0) is 22.9. The number of nitrogens with zero attached hydrogens (tertiary/aromatic N) is 2. The molecule has 33 heavy (non-hydrogen) atoms. The minimum Gasteiger partial charge on any atom is -0.394 e. The fraction of sp³-hybridized carbons (Fsp3) is 0.115. The van der Waals surface area contributed by atoms with Crippen molar-refractivity contribution in [3.63, 3.8) is 0 Å². The molecule has 0 aromatic heterocycles. The van der Waals surface area contributed by atoms with Crippen LogP contribution in [0.1, 0.15) is 26.3 Å². The fourth-order valence-corrected chi connectivity index (χ4v) is 4.23. The molecule has 7 nitrogen and oxygen atoms in total. The van der Waals surface area contributed by atoms with Gasteiger partial charge in [-0.2, -0.15) is 5.10 Å². The van der Waals surface area contributed by atoms with Crippen LogP contribution >= 0.6 is 0 Å². The van der Waals surface area contributed by atoms with E-state index >= 15 is 0 Å². The van der Waals surface area contributed by atoms with Gasteiger partial charge < -0.3 is 10.2 Å². The summed E-state index contributed by atoms with van der Waals surface area (Å²) in [5.74, 6) is -1.08. The number of carbonyl (C=O) groups is 2. The predicted octanol–water partition coefficient (Wildman–Crippen LogP) is 3.39. The van der Waals surface area contributed by atoms with E-state index in [4.69, 9.17) is 0 Å². The molecule has 3 N–H and O–H groups in total. The average Bonchev–Trinajstić information content (AvgIpc) is 2.85. The number of hydrogen-bond donors (Lipinski definition) is 3. The largest absolute Gasteiger partial charge is 0.394 e. The van der Waals surface area contributed by atoms with Crippen LogP contribution in [0.5, 0.6) is 0 Å². The number of benzene rings is 4. The first-order valence-corrected chi connectivity index (χ1v) is 10.6. The van der Waals surface area contributed by atoms with E-state index in [1.807, 2.05) is 42.5 Å². The number of hydrazone groups is 1. The maximum Gasteiger partial charge on any atom is 0.261 e. The van der Waals surface area contributed by atoms with Gasteiger partial charge in [-0.3, -0.25) is 19.9 Å². The minimum atomic E-state index is -0.988. The van der Waals surface area contributed by atoms with Gasteiger partial charge in [0.1, 0.15) is 0 Å². The summed E-state index contributed by atoms with van der Waals surface area (Å²) in [5.41, 5.74) is 5.30. The van der Waals surface area contributed by atoms with Gasteiger partial charge in [0.25, 0.3) is 11.8 Å². The standard InChI is InChI=1S/C26H21N3O4/c30-14-19(15-31)29-25(32)21-7-3-6-20-23(11-10-22(24(20)21)26(29)33)28-27-13-16-8-9-17-4-1-2-5-18(17)12-16/h1-13,19,28,30-31H,14-15H2/b27-13+. The minimum absolute atomic E-state index is 0.344. The highest BCUT2D eigenvalue weighted by atomic mass is 16.3. The first-order valence-electron chi connectivity index (χ1n) is 10.6. The second-order valence-electron chi connectivity index (χ2n) is 7.86. The van der Waals surface area contributed by atoms with Gasteiger partial charge in [-0.05, 0) is 40.6 Å². The molecule has 1 aliphatic heterocycles. The molecule has 0 saturated carbocycles. The Bertz CT molecular complexity index is 1400. The lowest BCUT2D eigenvalue weighted by Crippen LogP contribution is -2.50. The summed E-state index contributed by atoms with van der Waals surface area (Å²) in [5, 5.41) is 26.9. The molecule has 4 aromatic rings. The number of nitrogens with one attached hydrogen (secondary N) is 1. The second kappa shape index (κ2) is 8.46. The Hall–Kier alpha value is -4.07. The highest BCUT2D eigenvalue weighted by Crippen LogP contribution is 2.35. The Morgan fingerprint density at radius 1 is 0.848 bits per heavy atom. The van der Waals surface area contributed by atoms with Gasteiger partial charge in [0.2, 0.25) is 0 Å². The molecular formula is C26H21N3O4. The predicted molar refractivity (Wildman–Crippen MR) is 128 cm³/mol. The van der Waals surface area contributed by atoms with E-state index in [1.165, 1.54) is 0 Å². The molecule has 4 aromatic carbocycles. The van der Waals surface area contributed by atoms with Crippen molar-refractivity contribution in [3.05, 3.63) is 89.5 Å². The Labute approximate surface area is 189 Å². The second-order valence-corrected chi connectivity index (χ2v) is 7.86. The molecule has 164 valence electrons. The lowest BCUT2D eigenvalue weighted by Gasteiger charge is -2.32. The zero-order valence-electron chi connectivity index (χ0n) is 17.6. The van der Waals surface area contributed by atoms with E-state index in [1.54, 1.807) is 30.5 Å². The number of amides is 2. The zero-order valence-corrected chi connectivity index (χ0v) is 17.6. The van der Waals surface area contributed by atoms with E-state index in [0.717, 1.165) is 21.2 Å². The third-order valence-corrected chi connectivity index (χ3v) is 5.90. The Kier molecular flexibility index (Phi) is 5.34. The molecule has 0 radical (unpaired) electrons. The van der Waals surface area contributed by atoms with Crippen molar-refractivity contribution in [1.82, 2.24) is 4.90 Å². The number of aliphatic hydroxyl groups is 2. The molecule has 0 bridgehead atoms. The fourth-order valence-electron chi connectivity index (χ4n) is 4.23. The number of carbonyl (C=O) groups excluding carboxylic acids is 2. The number of rotatable bonds is 6. The molecule has 5 rings (SSSR count). The van der Waals surface area contributed by atoms with Gasteiger partial charge in [0.05, 0.1) is 31.2 Å². The molecule has 0 spiro atoms. The Morgan fingerprint density at radius 3 is 2.33 bits per heavy atom.